The number of hydrogen-bond donors (Lipinski definition) is 0. The number of hydrogen-bond acceptors (Lipinski definition) is 2. The molecule has 5 aliphatic rings. The number of anilines is 1. The minimum atomic E-state index is -0.122. The smallest absolute Gasteiger partial charge is 0.238 e. The first-order chi connectivity index (χ1) is 10.2. The molecule has 1 aliphatic heterocycles. The third-order valence-electron chi connectivity index (χ3n) is 5.76. The molecule has 1 saturated heterocycles. The minimum Gasteiger partial charge on any atom is -0.274 e. The van der Waals surface area contributed by atoms with E-state index in [9.17, 15) is 9.59 Å². The van der Waals surface area contributed by atoms with Crippen LogP contribution < -0.4 is 4.90 Å². The predicted octanol–water partition coefficient (Wildman–Crippen LogP) is 3.01. The molecule has 106 valence electrons. The van der Waals surface area contributed by atoms with Gasteiger partial charge in [0.25, 0.3) is 0 Å². The van der Waals surface area contributed by atoms with Gasteiger partial charge in [0.05, 0.1) is 17.5 Å². The molecular formula is C17H14BrNO2. The summed E-state index contributed by atoms with van der Waals surface area (Å²) in [5.74, 6) is 1.63. The molecule has 1 aromatic rings. The summed E-state index contributed by atoms with van der Waals surface area (Å²) in [4.78, 5) is 27.2. The average Bonchev–Trinajstić information content (AvgIpc) is 3.26. The summed E-state index contributed by atoms with van der Waals surface area (Å²) in [5, 5.41) is 0. The van der Waals surface area contributed by atoms with Crippen LogP contribution in [0.1, 0.15) is 6.42 Å². The molecule has 0 aromatic heterocycles. The maximum Gasteiger partial charge on any atom is 0.238 e. The van der Waals surface area contributed by atoms with Crippen LogP contribution in [0.15, 0.2) is 40.9 Å². The van der Waals surface area contributed by atoms with Crippen molar-refractivity contribution in [3.05, 3.63) is 40.9 Å². The number of carbonyl (C=O) groups excluding carboxylic acids is 2. The second kappa shape index (κ2) is 3.86. The Kier molecular flexibility index (Phi) is 2.23. The Hall–Kier alpha value is -1.42. The van der Waals surface area contributed by atoms with Crippen LogP contribution in [0.3, 0.4) is 0 Å². The van der Waals surface area contributed by atoms with Crippen molar-refractivity contribution < 1.29 is 9.59 Å². The van der Waals surface area contributed by atoms with Crippen molar-refractivity contribution in [2.75, 3.05) is 4.90 Å². The van der Waals surface area contributed by atoms with Gasteiger partial charge in [-0.15, -0.1) is 0 Å². The van der Waals surface area contributed by atoms with Crippen LogP contribution in [0.4, 0.5) is 5.69 Å². The number of halogens is 1. The highest BCUT2D eigenvalue weighted by Crippen LogP contribution is 2.65. The van der Waals surface area contributed by atoms with Gasteiger partial charge in [0.1, 0.15) is 0 Å². The van der Waals surface area contributed by atoms with E-state index in [1.165, 1.54) is 11.3 Å². The Morgan fingerprint density at radius 2 is 1.52 bits per heavy atom. The number of allylic oxidation sites excluding steroid dienone is 2. The van der Waals surface area contributed by atoms with Crippen molar-refractivity contribution in [3.63, 3.8) is 0 Å². The summed E-state index contributed by atoms with van der Waals surface area (Å²) in [6.07, 6.45) is 5.61. The molecule has 2 bridgehead atoms. The molecule has 2 amide bonds. The lowest BCUT2D eigenvalue weighted by Crippen LogP contribution is -2.40. The molecule has 6 atom stereocenters. The Bertz CT molecular complexity index is 676. The number of para-hydroxylation sites is 1. The maximum absolute atomic E-state index is 12.9. The summed E-state index contributed by atoms with van der Waals surface area (Å²) >= 11 is 3.47. The van der Waals surface area contributed by atoms with Crippen LogP contribution in [0.5, 0.6) is 0 Å². The van der Waals surface area contributed by atoms with Gasteiger partial charge >= 0.3 is 0 Å². The number of carbonyl (C=O) groups is 2. The van der Waals surface area contributed by atoms with E-state index in [2.05, 4.69) is 28.1 Å². The topological polar surface area (TPSA) is 37.4 Å². The van der Waals surface area contributed by atoms with Crippen LogP contribution in [0, 0.1) is 35.5 Å². The Morgan fingerprint density at radius 1 is 0.952 bits per heavy atom. The van der Waals surface area contributed by atoms with Gasteiger partial charge in [-0.2, -0.15) is 0 Å². The third-order valence-corrected chi connectivity index (χ3v) is 6.43. The van der Waals surface area contributed by atoms with Crippen LogP contribution in [0.2, 0.25) is 0 Å². The molecule has 21 heavy (non-hydrogen) atoms. The summed E-state index contributed by atoms with van der Waals surface area (Å²) in [7, 11) is 0. The molecule has 6 rings (SSSR count). The molecule has 0 unspecified atom stereocenters. The predicted molar refractivity (Wildman–Crippen MR) is 81.3 cm³/mol. The molecule has 2 saturated carbocycles. The van der Waals surface area contributed by atoms with Crippen molar-refractivity contribution in [1.29, 1.82) is 0 Å². The third kappa shape index (κ3) is 1.39. The zero-order chi connectivity index (χ0) is 14.3. The summed E-state index contributed by atoms with van der Waals surface area (Å²) in [5.41, 5.74) is 0.690. The van der Waals surface area contributed by atoms with E-state index in [0.29, 0.717) is 17.5 Å². The van der Waals surface area contributed by atoms with Gasteiger partial charge in [0.15, 0.2) is 0 Å². The lowest BCUT2D eigenvalue weighted by molar-refractivity contribution is -0.124. The summed E-state index contributed by atoms with van der Waals surface area (Å²) in [6.45, 7) is 0. The van der Waals surface area contributed by atoms with Gasteiger partial charge in [-0.3, -0.25) is 9.59 Å². The zero-order valence-electron chi connectivity index (χ0n) is 11.3. The first-order valence-electron chi connectivity index (χ1n) is 7.49. The zero-order valence-corrected chi connectivity index (χ0v) is 12.9. The van der Waals surface area contributed by atoms with Gasteiger partial charge in [0, 0.05) is 4.47 Å². The summed E-state index contributed by atoms with van der Waals surface area (Å²) < 4.78 is 0.802. The second-order valence-corrected chi connectivity index (χ2v) is 7.47. The van der Waals surface area contributed by atoms with Crippen molar-refractivity contribution in [2.45, 2.75) is 6.42 Å². The lowest BCUT2D eigenvalue weighted by atomic mass is 9.63. The standard InChI is InChI=1S/C17H14BrNO2/c18-12-3-1-2-4-13(12)19-16(20)14-8-5-6-9(11-7-10(8)11)15(14)17(19)21/h1-6,8-11,14-15H,7H2/t8-,9-,10-,11+,14+,15+/m0/s1. The highest BCUT2D eigenvalue weighted by atomic mass is 79.9. The number of imide groups is 1. The van der Waals surface area contributed by atoms with E-state index < -0.39 is 0 Å². The van der Waals surface area contributed by atoms with E-state index >= 15 is 0 Å². The van der Waals surface area contributed by atoms with E-state index in [4.69, 9.17) is 0 Å². The number of amides is 2. The molecular weight excluding hydrogens is 330 g/mol. The van der Waals surface area contributed by atoms with E-state index in [-0.39, 0.29) is 35.5 Å². The Labute approximate surface area is 131 Å². The van der Waals surface area contributed by atoms with Gasteiger partial charge < -0.3 is 0 Å². The highest BCUT2D eigenvalue weighted by molar-refractivity contribution is 9.10. The summed E-state index contributed by atoms with van der Waals surface area (Å²) in [6, 6.07) is 7.48. The van der Waals surface area contributed by atoms with Crippen molar-refractivity contribution in [1.82, 2.24) is 0 Å². The van der Waals surface area contributed by atoms with Gasteiger partial charge in [-0.25, -0.2) is 4.90 Å². The molecule has 4 heteroatoms. The molecule has 0 spiro atoms. The molecule has 3 fully saturated rings. The van der Waals surface area contributed by atoms with E-state index in [1.54, 1.807) is 0 Å². The normalized spacial score (nSPS) is 42.2. The molecule has 0 radical (unpaired) electrons. The fourth-order valence-corrected chi connectivity index (χ4v) is 5.29. The quantitative estimate of drug-likeness (QED) is 0.580. The molecule has 0 N–H and O–H groups in total. The Morgan fingerprint density at radius 3 is 2.10 bits per heavy atom. The first kappa shape index (κ1) is 12.2. The number of nitrogens with zero attached hydrogens (tertiary/aromatic N) is 1. The first-order valence-corrected chi connectivity index (χ1v) is 8.28. The van der Waals surface area contributed by atoms with Gasteiger partial charge in [-0.1, -0.05) is 24.3 Å². The van der Waals surface area contributed by atoms with Crippen molar-refractivity contribution in [2.24, 2.45) is 35.5 Å². The van der Waals surface area contributed by atoms with Crippen molar-refractivity contribution in [3.8, 4) is 0 Å². The monoisotopic (exact) mass is 343 g/mol. The largest absolute Gasteiger partial charge is 0.274 e. The van der Waals surface area contributed by atoms with E-state index in [0.717, 1.165) is 4.47 Å². The molecule has 3 nitrogen and oxygen atoms in total. The van der Waals surface area contributed by atoms with Gasteiger partial charge in [-0.05, 0) is 58.2 Å². The number of benzene rings is 1. The minimum absolute atomic E-state index is 0.00148. The van der Waals surface area contributed by atoms with Gasteiger partial charge in [0.2, 0.25) is 11.8 Å². The molecule has 1 heterocycles. The van der Waals surface area contributed by atoms with E-state index in [1.807, 2.05) is 24.3 Å². The molecule has 1 aromatic carbocycles. The lowest BCUT2D eigenvalue weighted by Gasteiger charge is -2.37. The van der Waals surface area contributed by atoms with Crippen LogP contribution >= 0.6 is 15.9 Å². The fourth-order valence-electron chi connectivity index (χ4n) is 4.83. The second-order valence-electron chi connectivity index (χ2n) is 6.62. The highest BCUT2D eigenvalue weighted by Gasteiger charge is 2.67. The average molecular weight is 344 g/mol. The van der Waals surface area contributed by atoms with Crippen LogP contribution in [-0.4, -0.2) is 11.8 Å². The number of rotatable bonds is 1. The van der Waals surface area contributed by atoms with Crippen LogP contribution in [0.25, 0.3) is 0 Å². The maximum atomic E-state index is 12.9. The van der Waals surface area contributed by atoms with Crippen LogP contribution in [-0.2, 0) is 9.59 Å². The Balaban J connectivity index is 1.62. The fraction of sp³-hybridized carbons (Fsp3) is 0.412. The van der Waals surface area contributed by atoms with Crippen molar-refractivity contribution >= 4 is 33.4 Å². The SMILES string of the molecule is O=C1[C@@H]2[C@H]3C=C[C@@H]([C@@H]4C[C@H]34)[C@H]2C(=O)N1c1ccccc1Br. The molecule has 4 aliphatic carbocycles.